The number of carbonyl (C=O) groups excluding carboxylic acids is 2. The van der Waals surface area contributed by atoms with E-state index in [2.05, 4.69) is 15.6 Å². The number of pyridine rings is 1. The van der Waals surface area contributed by atoms with Crippen molar-refractivity contribution >= 4 is 23.6 Å². The van der Waals surface area contributed by atoms with Crippen LogP contribution in [0.5, 0.6) is 17.2 Å². The van der Waals surface area contributed by atoms with Crippen molar-refractivity contribution in [1.82, 2.24) is 10.3 Å². The Morgan fingerprint density at radius 3 is 2.39 bits per heavy atom. The summed E-state index contributed by atoms with van der Waals surface area (Å²) >= 11 is 0. The summed E-state index contributed by atoms with van der Waals surface area (Å²) in [6.45, 7) is 2.44. The number of benzene rings is 2. The number of aromatic nitrogens is 1. The molecule has 1 heterocycles. The van der Waals surface area contributed by atoms with Crippen molar-refractivity contribution in [3.05, 3.63) is 83.8 Å². The molecule has 3 aromatic rings. The molecule has 0 fully saturated rings. The number of carbonyl (C=O) groups is 2. The molecular weight excluding hydrogens is 422 g/mol. The van der Waals surface area contributed by atoms with E-state index >= 15 is 0 Å². The third-order valence-electron chi connectivity index (χ3n) is 4.56. The number of nitrogens with one attached hydrogen (secondary N) is 2. The van der Waals surface area contributed by atoms with Crippen LogP contribution in [-0.2, 0) is 4.79 Å². The van der Waals surface area contributed by atoms with Gasteiger partial charge in [-0.25, -0.2) is 0 Å². The van der Waals surface area contributed by atoms with E-state index in [1.807, 2.05) is 6.92 Å². The summed E-state index contributed by atoms with van der Waals surface area (Å²) in [6, 6.07) is 15.2. The number of ether oxygens (including phenoxy) is 3. The predicted molar refractivity (Wildman–Crippen MR) is 125 cm³/mol. The Balaban J connectivity index is 1.84. The molecule has 0 aliphatic heterocycles. The number of nitrogens with zero attached hydrogens (tertiary/aromatic N) is 1. The molecule has 0 bridgehead atoms. The maximum absolute atomic E-state index is 13.0. The zero-order chi connectivity index (χ0) is 23.6. The zero-order valence-corrected chi connectivity index (χ0v) is 18.6. The maximum atomic E-state index is 13.0. The summed E-state index contributed by atoms with van der Waals surface area (Å²) in [4.78, 5) is 30.0. The highest BCUT2D eigenvalue weighted by Crippen LogP contribution is 2.27. The first-order chi connectivity index (χ1) is 16.0. The average Bonchev–Trinajstić information content (AvgIpc) is 2.85. The van der Waals surface area contributed by atoms with Crippen molar-refractivity contribution < 1.29 is 23.8 Å². The van der Waals surface area contributed by atoms with Gasteiger partial charge in [-0.05, 0) is 67.1 Å². The molecule has 2 N–H and O–H groups in total. The molecule has 3 rings (SSSR count). The van der Waals surface area contributed by atoms with Crippen LogP contribution in [0.15, 0.2) is 72.7 Å². The van der Waals surface area contributed by atoms with Crippen molar-refractivity contribution in [2.45, 2.75) is 6.92 Å². The second-order valence-electron chi connectivity index (χ2n) is 6.78. The second-order valence-corrected chi connectivity index (χ2v) is 6.78. The SMILES string of the molecule is CCOc1ccc(NC(=O)/C(=C/c2cccnc2)NC(=O)c2ccc(OC)c(OC)c2)cc1. The Morgan fingerprint density at radius 1 is 1.00 bits per heavy atom. The van der Waals surface area contributed by atoms with Gasteiger partial charge in [0.2, 0.25) is 0 Å². The molecule has 0 saturated heterocycles. The zero-order valence-electron chi connectivity index (χ0n) is 18.6. The van der Waals surface area contributed by atoms with E-state index in [0.717, 1.165) is 0 Å². The summed E-state index contributed by atoms with van der Waals surface area (Å²) in [5.74, 6) is 0.628. The van der Waals surface area contributed by atoms with Crippen LogP contribution >= 0.6 is 0 Å². The number of amides is 2. The molecule has 0 radical (unpaired) electrons. The summed E-state index contributed by atoms with van der Waals surface area (Å²) in [5, 5.41) is 5.47. The van der Waals surface area contributed by atoms with Crippen LogP contribution in [0.25, 0.3) is 6.08 Å². The van der Waals surface area contributed by atoms with E-state index < -0.39 is 11.8 Å². The quantitative estimate of drug-likeness (QED) is 0.483. The minimum absolute atomic E-state index is 0.0525. The molecule has 170 valence electrons. The van der Waals surface area contributed by atoms with Crippen LogP contribution in [0.4, 0.5) is 5.69 Å². The van der Waals surface area contributed by atoms with E-state index in [0.29, 0.717) is 40.7 Å². The van der Waals surface area contributed by atoms with Gasteiger partial charge in [0.05, 0.1) is 20.8 Å². The Bertz CT molecular complexity index is 1130. The lowest BCUT2D eigenvalue weighted by molar-refractivity contribution is -0.113. The fraction of sp³-hybridized carbons (Fsp3) is 0.160. The molecule has 0 spiro atoms. The first-order valence-electron chi connectivity index (χ1n) is 10.2. The predicted octanol–water partition coefficient (Wildman–Crippen LogP) is 3.91. The van der Waals surface area contributed by atoms with Crippen LogP contribution in [-0.4, -0.2) is 37.6 Å². The lowest BCUT2D eigenvalue weighted by atomic mass is 10.1. The second kappa shape index (κ2) is 11.3. The van der Waals surface area contributed by atoms with E-state index in [1.54, 1.807) is 73.1 Å². The van der Waals surface area contributed by atoms with Crippen molar-refractivity contribution in [3.63, 3.8) is 0 Å². The minimum atomic E-state index is -0.489. The van der Waals surface area contributed by atoms with Crippen molar-refractivity contribution in [1.29, 1.82) is 0 Å². The molecule has 2 aromatic carbocycles. The van der Waals surface area contributed by atoms with E-state index in [-0.39, 0.29) is 5.70 Å². The normalized spacial score (nSPS) is 10.8. The van der Waals surface area contributed by atoms with Crippen LogP contribution < -0.4 is 24.8 Å². The van der Waals surface area contributed by atoms with Gasteiger partial charge in [0.1, 0.15) is 11.4 Å². The van der Waals surface area contributed by atoms with Gasteiger partial charge >= 0.3 is 0 Å². The first-order valence-corrected chi connectivity index (χ1v) is 10.2. The summed E-state index contributed by atoms with van der Waals surface area (Å²) in [6.07, 6.45) is 4.77. The Labute approximate surface area is 192 Å². The van der Waals surface area contributed by atoms with Gasteiger partial charge in [-0.3, -0.25) is 14.6 Å². The molecule has 0 aliphatic rings. The molecule has 1 aromatic heterocycles. The van der Waals surface area contributed by atoms with Crippen LogP contribution in [0, 0.1) is 0 Å². The van der Waals surface area contributed by atoms with Gasteiger partial charge in [0.25, 0.3) is 11.8 Å². The lowest BCUT2D eigenvalue weighted by Crippen LogP contribution is -2.30. The number of hydrogen-bond donors (Lipinski definition) is 2. The molecule has 0 saturated carbocycles. The summed E-state index contributed by atoms with van der Waals surface area (Å²) in [5.41, 5.74) is 1.57. The number of anilines is 1. The van der Waals surface area contributed by atoms with Gasteiger partial charge in [-0.2, -0.15) is 0 Å². The van der Waals surface area contributed by atoms with Crippen molar-refractivity contribution in [3.8, 4) is 17.2 Å². The fourth-order valence-corrected chi connectivity index (χ4v) is 2.96. The highest BCUT2D eigenvalue weighted by molar-refractivity contribution is 6.10. The molecule has 33 heavy (non-hydrogen) atoms. The Kier molecular flexibility index (Phi) is 8.02. The van der Waals surface area contributed by atoms with Gasteiger partial charge in [-0.1, -0.05) is 6.07 Å². The third-order valence-corrected chi connectivity index (χ3v) is 4.56. The van der Waals surface area contributed by atoms with Gasteiger partial charge in [0.15, 0.2) is 11.5 Å². The van der Waals surface area contributed by atoms with Gasteiger partial charge in [0, 0.05) is 23.6 Å². The monoisotopic (exact) mass is 447 g/mol. The highest BCUT2D eigenvalue weighted by atomic mass is 16.5. The molecule has 8 nitrogen and oxygen atoms in total. The Hall–Kier alpha value is -4.33. The number of rotatable bonds is 9. The number of methoxy groups -OCH3 is 2. The number of hydrogen-bond acceptors (Lipinski definition) is 6. The molecular formula is C25H25N3O5. The van der Waals surface area contributed by atoms with E-state index in [4.69, 9.17) is 14.2 Å². The van der Waals surface area contributed by atoms with Crippen molar-refractivity contribution in [2.24, 2.45) is 0 Å². The smallest absolute Gasteiger partial charge is 0.272 e. The molecule has 0 atom stereocenters. The largest absolute Gasteiger partial charge is 0.494 e. The van der Waals surface area contributed by atoms with Gasteiger partial charge < -0.3 is 24.8 Å². The third kappa shape index (κ3) is 6.33. The van der Waals surface area contributed by atoms with Crippen LogP contribution in [0.3, 0.4) is 0 Å². The van der Waals surface area contributed by atoms with E-state index in [1.165, 1.54) is 14.2 Å². The van der Waals surface area contributed by atoms with Crippen molar-refractivity contribution in [2.75, 3.05) is 26.1 Å². The average molecular weight is 447 g/mol. The Morgan fingerprint density at radius 2 is 1.76 bits per heavy atom. The molecule has 2 amide bonds. The van der Waals surface area contributed by atoms with Crippen LogP contribution in [0.2, 0.25) is 0 Å². The minimum Gasteiger partial charge on any atom is -0.494 e. The lowest BCUT2D eigenvalue weighted by Gasteiger charge is -2.13. The first kappa shape index (κ1) is 23.3. The maximum Gasteiger partial charge on any atom is 0.272 e. The summed E-state index contributed by atoms with van der Waals surface area (Å²) in [7, 11) is 3.00. The van der Waals surface area contributed by atoms with Crippen LogP contribution in [0.1, 0.15) is 22.8 Å². The van der Waals surface area contributed by atoms with E-state index in [9.17, 15) is 9.59 Å². The standard InChI is InChI=1S/C25H25N3O5/c1-4-33-20-10-8-19(9-11-20)27-25(30)21(14-17-6-5-13-26-16-17)28-24(29)18-7-12-22(31-2)23(15-18)32-3/h5-16H,4H2,1-3H3,(H,27,30)(H,28,29)/b21-14-. The molecule has 0 unspecified atom stereocenters. The topological polar surface area (TPSA) is 98.8 Å². The molecule has 8 heteroatoms. The highest BCUT2D eigenvalue weighted by Gasteiger charge is 2.17. The summed E-state index contributed by atoms with van der Waals surface area (Å²) < 4.78 is 15.9. The molecule has 0 aliphatic carbocycles. The van der Waals surface area contributed by atoms with Gasteiger partial charge in [-0.15, -0.1) is 0 Å². The fourth-order valence-electron chi connectivity index (χ4n) is 2.96.